The first kappa shape index (κ1) is 18.5. The molecule has 29 heavy (non-hydrogen) atoms. The van der Waals surface area contributed by atoms with E-state index in [0.29, 0.717) is 11.4 Å². The number of non-ortho nitro benzene ring substituents is 1. The average Bonchev–Trinajstić information content (AvgIpc) is 3.43. The van der Waals surface area contributed by atoms with Crippen LogP contribution in [0, 0.1) is 10.1 Å². The minimum atomic E-state index is -0.478. The zero-order valence-electron chi connectivity index (χ0n) is 15.1. The Morgan fingerprint density at radius 2 is 2.03 bits per heavy atom. The highest BCUT2D eigenvalue weighted by Crippen LogP contribution is 2.26. The van der Waals surface area contributed by atoms with Gasteiger partial charge in [-0.15, -0.1) is 11.3 Å². The van der Waals surface area contributed by atoms with Gasteiger partial charge in [0.15, 0.2) is 0 Å². The van der Waals surface area contributed by atoms with Crippen molar-refractivity contribution in [1.82, 2.24) is 20.1 Å². The third kappa shape index (κ3) is 4.04. The number of nitrogens with zero attached hydrogens (tertiary/aromatic N) is 4. The Bertz CT molecular complexity index is 1160. The van der Waals surface area contributed by atoms with Crippen molar-refractivity contribution in [3.63, 3.8) is 0 Å². The zero-order valence-corrected chi connectivity index (χ0v) is 15.9. The molecule has 144 valence electrons. The molecule has 0 saturated heterocycles. The number of amides is 1. The van der Waals surface area contributed by atoms with Crippen molar-refractivity contribution in [2.75, 3.05) is 0 Å². The number of carbonyl (C=O) groups is 1. The molecule has 0 fully saturated rings. The predicted molar refractivity (Wildman–Crippen MR) is 109 cm³/mol. The van der Waals surface area contributed by atoms with Crippen molar-refractivity contribution in [3.05, 3.63) is 93.7 Å². The topological polar surface area (TPSA) is 103 Å². The average molecular weight is 405 g/mol. The van der Waals surface area contributed by atoms with Gasteiger partial charge in [-0.3, -0.25) is 19.9 Å². The molecule has 0 radical (unpaired) electrons. The number of pyridine rings is 1. The van der Waals surface area contributed by atoms with Gasteiger partial charge in [0.05, 0.1) is 27.7 Å². The summed E-state index contributed by atoms with van der Waals surface area (Å²) in [6, 6.07) is 17.0. The molecular weight excluding hydrogens is 390 g/mol. The molecule has 0 unspecified atom stereocenters. The first-order valence-electron chi connectivity index (χ1n) is 8.69. The summed E-state index contributed by atoms with van der Waals surface area (Å²) in [5, 5.41) is 20.4. The maximum atomic E-state index is 12.9. The fraction of sp³-hybridized carbons (Fsp3) is 0.0500. The maximum absolute atomic E-state index is 12.9. The van der Waals surface area contributed by atoms with E-state index in [2.05, 4.69) is 15.4 Å². The van der Waals surface area contributed by atoms with E-state index in [1.807, 2.05) is 29.6 Å². The number of aromatic nitrogens is 3. The summed E-state index contributed by atoms with van der Waals surface area (Å²) < 4.78 is 1.43. The summed E-state index contributed by atoms with van der Waals surface area (Å²) in [7, 11) is 0. The SMILES string of the molecule is O=C(NCc1ccccn1)c1cc(-c2cccs2)nn1-c1cccc([N+](=O)[O-])c1. The minimum Gasteiger partial charge on any atom is -0.345 e. The number of nitro benzene ring substituents is 1. The van der Waals surface area contributed by atoms with Crippen molar-refractivity contribution >= 4 is 22.9 Å². The van der Waals surface area contributed by atoms with Gasteiger partial charge in [0.25, 0.3) is 11.6 Å². The number of nitro groups is 1. The van der Waals surface area contributed by atoms with Gasteiger partial charge in [0, 0.05) is 18.3 Å². The molecule has 4 rings (SSSR count). The van der Waals surface area contributed by atoms with Crippen LogP contribution in [-0.4, -0.2) is 25.6 Å². The summed E-state index contributed by atoms with van der Waals surface area (Å²) in [4.78, 5) is 28.6. The Kier molecular flexibility index (Phi) is 5.12. The molecule has 0 bridgehead atoms. The lowest BCUT2D eigenvalue weighted by Gasteiger charge is -2.08. The van der Waals surface area contributed by atoms with Crippen LogP contribution in [0.5, 0.6) is 0 Å². The van der Waals surface area contributed by atoms with Crippen molar-refractivity contribution in [2.24, 2.45) is 0 Å². The van der Waals surface area contributed by atoms with Gasteiger partial charge in [0.1, 0.15) is 11.4 Å². The van der Waals surface area contributed by atoms with E-state index in [1.54, 1.807) is 30.5 Å². The summed E-state index contributed by atoms with van der Waals surface area (Å²) in [6.07, 6.45) is 1.66. The van der Waals surface area contributed by atoms with E-state index in [4.69, 9.17) is 0 Å². The van der Waals surface area contributed by atoms with E-state index >= 15 is 0 Å². The first-order valence-corrected chi connectivity index (χ1v) is 9.56. The molecule has 0 aliphatic heterocycles. The molecule has 3 heterocycles. The van der Waals surface area contributed by atoms with E-state index in [9.17, 15) is 14.9 Å². The molecule has 3 aromatic heterocycles. The lowest BCUT2D eigenvalue weighted by molar-refractivity contribution is -0.384. The Morgan fingerprint density at radius 3 is 2.76 bits per heavy atom. The van der Waals surface area contributed by atoms with E-state index in [1.165, 1.54) is 28.2 Å². The predicted octanol–water partition coefficient (Wildman–Crippen LogP) is 3.83. The molecule has 8 nitrogen and oxygen atoms in total. The van der Waals surface area contributed by atoms with Gasteiger partial charge >= 0.3 is 0 Å². The largest absolute Gasteiger partial charge is 0.345 e. The number of hydrogen-bond donors (Lipinski definition) is 1. The van der Waals surface area contributed by atoms with Crippen LogP contribution in [0.4, 0.5) is 5.69 Å². The standard InChI is InChI=1S/C20H15N5O3S/c26-20(22-13-14-5-1-2-9-21-14)18-12-17(19-8-4-10-29-19)23-24(18)15-6-3-7-16(11-15)25(27)28/h1-12H,13H2,(H,22,26). The molecule has 0 saturated carbocycles. The Morgan fingerprint density at radius 1 is 1.14 bits per heavy atom. The molecule has 0 atom stereocenters. The van der Waals surface area contributed by atoms with Crippen LogP contribution < -0.4 is 5.32 Å². The van der Waals surface area contributed by atoms with Crippen LogP contribution in [-0.2, 0) is 6.54 Å². The molecule has 1 aromatic carbocycles. The van der Waals surface area contributed by atoms with Crippen LogP contribution in [0.2, 0.25) is 0 Å². The number of benzene rings is 1. The van der Waals surface area contributed by atoms with Crippen LogP contribution in [0.3, 0.4) is 0 Å². The summed E-state index contributed by atoms with van der Waals surface area (Å²) in [5.74, 6) is -0.350. The van der Waals surface area contributed by atoms with Gasteiger partial charge in [-0.2, -0.15) is 5.10 Å². The third-order valence-electron chi connectivity index (χ3n) is 4.16. The highest BCUT2D eigenvalue weighted by molar-refractivity contribution is 7.13. The van der Waals surface area contributed by atoms with E-state index < -0.39 is 4.92 Å². The monoisotopic (exact) mass is 405 g/mol. The molecule has 1 amide bonds. The first-order chi connectivity index (χ1) is 14.1. The van der Waals surface area contributed by atoms with Gasteiger partial charge in [0.2, 0.25) is 0 Å². The second-order valence-corrected chi connectivity index (χ2v) is 7.03. The molecule has 4 aromatic rings. The van der Waals surface area contributed by atoms with Crippen LogP contribution in [0.1, 0.15) is 16.2 Å². The maximum Gasteiger partial charge on any atom is 0.271 e. The van der Waals surface area contributed by atoms with Crippen LogP contribution >= 0.6 is 11.3 Å². The zero-order chi connectivity index (χ0) is 20.2. The number of carbonyl (C=O) groups excluding carboxylic acids is 1. The molecular formula is C20H15N5O3S. The smallest absolute Gasteiger partial charge is 0.271 e. The Hall–Kier alpha value is -3.85. The third-order valence-corrected chi connectivity index (χ3v) is 5.05. The van der Waals surface area contributed by atoms with Gasteiger partial charge < -0.3 is 5.32 Å². The summed E-state index contributed by atoms with van der Waals surface area (Å²) in [6.45, 7) is 0.258. The Balaban J connectivity index is 1.70. The summed E-state index contributed by atoms with van der Waals surface area (Å²) in [5.41, 5.74) is 1.99. The lowest BCUT2D eigenvalue weighted by atomic mass is 10.2. The number of rotatable bonds is 6. The van der Waals surface area contributed by atoms with E-state index in [0.717, 1.165) is 10.6 Å². The molecule has 0 aliphatic rings. The van der Waals surface area contributed by atoms with E-state index in [-0.39, 0.29) is 23.8 Å². The number of hydrogen-bond acceptors (Lipinski definition) is 6. The van der Waals surface area contributed by atoms with Crippen LogP contribution in [0.25, 0.3) is 16.3 Å². The molecule has 1 N–H and O–H groups in total. The highest BCUT2D eigenvalue weighted by Gasteiger charge is 2.19. The van der Waals surface area contributed by atoms with Crippen LogP contribution in [0.15, 0.2) is 72.2 Å². The molecule has 0 spiro atoms. The minimum absolute atomic E-state index is 0.0736. The second kappa shape index (κ2) is 8.03. The van der Waals surface area contributed by atoms with Gasteiger partial charge in [-0.1, -0.05) is 18.2 Å². The van der Waals surface area contributed by atoms with Gasteiger partial charge in [-0.25, -0.2) is 4.68 Å². The van der Waals surface area contributed by atoms with Crippen molar-refractivity contribution in [2.45, 2.75) is 6.54 Å². The quantitative estimate of drug-likeness (QED) is 0.388. The normalized spacial score (nSPS) is 10.6. The number of thiophene rings is 1. The van der Waals surface area contributed by atoms with Crippen molar-refractivity contribution in [3.8, 4) is 16.3 Å². The highest BCUT2D eigenvalue weighted by atomic mass is 32.1. The van der Waals surface area contributed by atoms with Gasteiger partial charge in [-0.05, 0) is 35.7 Å². The molecule has 0 aliphatic carbocycles. The Labute approximate surface area is 169 Å². The second-order valence-electron chi connectivity index (χ2n) is 6.08. The lowest BCUT2D eigenvalue weighted by Crippen LogP contribution is -2.25. The van der Waals surface area contributed by atoms with Crippen molar-refractivity contribution in [1.29, 1.82) is 0 Å². The fourth-order valence-electron chi connectivity index (χ4n) is 2.79. The number of nitrogens with one attached hydrogen (secondary N) is 1. The fourth-order valence-corrected chi connectivity index (χ4v) is 3.47. The van der Waals surface area contributed by atoms with Crippen molar-refractivity contribution < 1.29 is 9.72 Å². The molecule has 9 heteroatoms. The summed E-state index contributed by atoms with van der Waals surface area (Å²) >= 11 is 1.50.